The molecule has 0 aromatic carbocycles. The van der Waals surface area contributed by atoms with Crippen LogP contribution in [-0.4, -0.2) is 42.2 Å². The third-order valence-corrected chi connectivity index (χ3v) is 6.56. The second-order valence-electron chi connectivity index (χ2n) is 9.40. The van der Waals surface area contributed by atoms with Gasteiger partial charge in [0, 0.05) is 49.2 Å². The Balaban J connectivity index is 1.40. The summed E-state index contributed by atoms with van der Waals surface area (Å²) in [7, 11) is 1.93. The number of fused-ring (bicyclic) bond motifs is 1. The van der Waals surface area contributed by atoms with E-state index in [1.54, 1.807) is 0 Å². The number of nitrogens with zero attached hydrogens (tertiary/aromatic N) is 6. The number of ether oxygens (including phenoxy) is 1. The van der Waals surface area contributed by atoms with Crippen LogP contribution in [0.25, 0.3) is 22.2 Å². The Bertz CT molecular complexity index is 1270. The predicted molar refractivity (Wildman–Crippen MR) is 134 cm³/mol. The number of rotatable bonds is 7. The van der Waals surface area contributed by atoms with Crippen LogP contribution in [0.15, 0.2) is 43.0 Å². The molecule has 0 amide bonds. The lowest BCUT2D eigenvalue weighted by molar-refractivity contribution is 0.129. The van der Waals surface area contributed by atoms with Crippen LogP contribution in [-0.2, 0) is 7.05 Å². The summed E-state index contributed by atoms with van der Waals surface area (Å²) >= 11 is 0. The molecule has 0 spiro atoms. The summed E-state index contributed by atoms with van der Waals surface area (Å²) in [6.45, 7) is 7.23. The largest absolute Gasteiger partial charge is 0.489 e. The fourth-order valence-electron chi connectivity index (χ4n) is 4.87. The quantitative estimate of drug-likeness (QED) is 0.401. The van der Waals surface area contributed by atoms with Crippen LogP contribution < -0.4 is 10.1 Å². The van der Waals surface area contributed by atoms with Crippen molar-refractivity contribution in [2.75, 3.05) is 11.9 Å². The van der Waals surface area contributed by atoms with E-state index in [1.165, 1.54) is 0 Å². The van der Waals surface area contributed by atoms with Crippen molar-refractivity contribution in [3.8, 4) is 17.0 Å². The lowest BCUT2D eigenvalue weighted by atomic mass is 9.92. The molecule has 8 heteroatoms. The average Bonchev–Trinajstić information content (AvgIpc) is 3.43. The summed E-state index contributed by atoms with van der Waals surface area (Å²) in [4.78, 5) is 9.15. The normalized spacial score (nSPS) is 18.5. The number of nitrogens with one attached hydrogen (secondary N) is 1. The zero-order valence-electron chi connectivity index (χ0n) is 20.4. The Kier molecular flexibility index (Phi) is 6.22. The number of aromatic nitrogens is 6. The molecule has 34 heavy (non-hydrogen) atoms. The molecule has 178 valence electrons. The first-order chi connectivity index (χ1) is 16.5. The topological polar surface area (TPSA) is 82.7 Å². The molecule has 0 saturated heterocycles. The number of aryl methyl sites for hydroxylation is 1. The molecule has 1 fully saturated rings. The van der Waals surface area contributed by atoms with E-state index < -0.39 is 0 Å². The predicted octanol–water partition coefficient (Wildman–Crippen LogP) is 5.34. The van der Waals surface area contributed by atoms with E-state index in [0.29, 0.717) is 12.0 Å². The number of hydrogen-bond donors (Lipinski definition) is 1. The van der Waals surface area contributed by atoms with Gasteiger partial charge in [0.25, 0.3) is 0 Å². The minimum absolute atomic E-state index is 0.205. The summed E-state index contributed by atoms with van der Waals surface area (Å²) < 4.78 is 10.4. The Morgan fingerprint density at radius 3 is 2.68 bits per heavy atom. The van der Waals surface area contributed by atoms with Crippen LogP contribution in [0.2, 0.25) is 0 Å². The Morgan fingerprint density at radius 2 is 1.97 bits per heavy atom. The Labute approximate surface area is 200 Å². The molecule has 4 aromatic heterocycles. The van der Waals surface area contributed by atoms with Gasteiger partial charge in [-0.05, 0) is 50.7 Å². The first kappa shape index (κ1) is 22.4. The van der Waals surface area contributed by atoms with Crippen LogP contribution >= 0.6 is 0 Å². The summed E-state index contributed by atoms with van der Waals surface area (Å²) in [5, 5.41) is 13.8. The molecular formula is C26H33N7O. The van der Waals surface area contributed by atoms with Crippen LogP contribution in [0, 0.1) is 0 Å². The highest BCUT2D eigenvalue weighted by Gasteiger charge is 2.27. The molecule has 1 aliphatic carbocycles. The SMILES string of the molecule is CCNc1cc2c(cn1)c(-c1cnn(C)c1)nn2[C@H]1CC[C@@H](Oc2cccnc2C(C)C)CC1. The highest BCUT2D eigenvalue weighted by atomic mass is 16.5. The van der Waals surface area contributed by atoms with Gasteiger partial charge in [0.15, 0.2) is 0 Å². The monoisotopic (exact) mass is 459 g/mol. The maximum absolute atomic E-state index is 6.42. The van der Waals surface area contributed by atoms with Crippen LogP contribution in [0.3, 0.4) is 0 Å². The van der Waals surface area contributed by atoms with Crippen molar-refractivity contribution >= 4 is 16.7 Å². The number of pyridine rings is 2. The van der Waals surface area contributed by atoms with E-state index in [9.17, 15) is 0 Å². The van der Waals surface area contributed by atoms with Gasteiger partial charge in [0.05, 0.1) is 29.6 Å². The summed E-state index contributed by atoms with van der Waals surface area (Å²) in [5.74, 6) is 2.14. The molecule has 1 saturated carbocycles. The van der Waals surface area contributed by atoms with Crippen molar-refractivity contribution < 1.29 is 4.74 Å². The van der Waals surface area contributed by atoms with Crippen LogP contribution in [0.5, 0.6) is 5.75 Å². The maximum atomic E-state index is 6.42. The van der Waals surface area contributed by atoms with Crippen molar-refractivity contribution in [2.45, 2.75) is 64.5 Å². The van der Waals surface area contributed by atoms with E-state index >= 15 is 0 Å². The summed E-state index contributed by atoms with van der Waals surface area (Å²) in [6, 6.07) is 6.45. The molecular weight excluding hydrogens is 426 g/mol. The maximum Gasteiger partial charge on any atom is 0.141 e. The lowest BCUT2D eigenvalue weighted by Gasteiger charge is -2.30. The fourth-order valence-corrected chi connectivity index (χ4v) is 4.87. The van der Waals surface area contributed by atoms with E-state index in [2.05, 4.69) is 51.9 Å². The molecule has 1 aliphatic rings. The zero-order valence-corrected chi connectivity index (χ0v) is 20.4. The van der Waals surface area contributed by atoms with Gasteiger partial charge in [-0.2, -0.15) is 10.2 Å². The van der Waals surface area contributed by atoms with Gasteiger partial charge in [-0.15, -0.1) is 0 Å². The van der Waals surface area contributed by atoms with Crippen LogP contribution in [0.4, 0.5) is 5.82 Å². The molecule has 5 rings (SSSR count). The molecule has 1 N–H and O–H groups in total. The molecule has 0 atom stereocenters. The van der Waals surface area contributed by atoms with Gasteiger partial charge in [-0.25, -0.2) is 4.98 Å². The zero-order chi connectivity index (χ0) is 23.7. The van der Waals surface area contributed by atoms with Gasteiger partial charge in [0.1, 0.15) is 17.3 Å². The summed E-state index contributed by atoms with van der Waals surface area (Å²) in [6.07, 6.45) is 11.9. The standard InChI is InChI=1S/C26H33N7O/c1-5-27-24-13-22-21(15-29-24)26(18-14-30-32(4)16-18)31-33(22)19-8-10-20(11-9-19)34-23-7-6-12-28-25(23)17(2)3/h6-7,12-17,19-20H,5,8-11H2,1-4H3,(H,27,29)/t19-,20+. The number of hydrogen-bond acceptors (Lipinski definition) is 6. The molecule has 8 nitrogen and oxygen atoms in total. The highest BCUT2D eigenvalue weighted by molar-refractivity contribution is 5.93. The fraction of sp³-hybridized carbons (Fsp3) is 0.462. The minimum Gasteiger partial charge on any atom is -0.489 e. The number of anilines is 1. The Hall–Kier alpha value is -3.42. The molecule has 4 heterocycles. The van der Waals surface area contributed by atoms with Crippen molar-refractivity contribution in [3.63, 3.8) is 0 Å². The summed E-state index contributed by atoms with van der Waals surface area (Å²) in [5.41, 5.74) is 4.10. The van der Waals surface area contributed by atoms with Gasteiger partial charge in [-0.1, -0.05) is 13.8 Å². The van der Waals surface area contributed by atoms with Crippen molar-refractivity contribution in [1.82, 2.24) is 29.5 Å². The van der Waals surface area contributed by atoms with Crippen molar-refractivity contribution in [3.05, 3.63) is 48.7 Å². The first-order valence-electron chi connectivity index (χ1n) is 12.3. The van der Waals surface area contributed by atoms with Crippen LogP contribution in [0.1, 0.15) is 64.1 Å². The first-order valence-corrected chi connectivity index (χ1v) is 12.3. The lowest BCUT2D eigenvalue weighted by Crippen LogP contribution is -2.26. The van der Waals surface area contributed by atoms with E-state index in [1.807, 2.05) is 48.6 Å². The third kappa shape index (κ3) is 4.36. The van der Waals surface area contributed by atoms with E-state index in [4.69, 9.17) is 9.84 Å². The molecule has 0 unspecified atom stereocenters. The van der Waals surface area contributed by atoms with Crippen molar-refractivity contribution in [1.29, 1.82) is 0 Å². The highest BCUT2D eigenvalue weighted by Crippen LogP contribution is 2.37. The van der Waals surface area contributed by atoms with Gasteiger partial charge >= 0.3 is 0 Å². The third-order valence-electron chi connectivity index (χ3n) is 6.56. The van der Waals surface area contributed by atoms with Gasteiger partial charge in [-0.3, -0.25) is 14.3 Å². The molecule has 0 radical (unpaired) electrons. The van der Waals surface area contributed by atoms with Gasteiger partial charge < -0.3 is 10.1 Å². The Morgan fingerprint density at radius 1 is 1.15 bits per heavy atom. The van der Waals surface area contributed by atoms with Gasteiger partial charge in [0.2, 0.25) is 0 Å². The molecule has 0 bridgehead atoms. The van der Waals surface area contributed by atoms with Crippen molar-refractivity contribution in [2.24, 2.45) is 7.05 Å². The second kappa shape index (κ2) is 9.44. The average molecular weight is 460 g/mol. The molecule has 0 aliphatic heterocycles. The van der Waals surface area contributed by atoms with E-state index in [0.717, 1.165) is 71.6 Å². The van der Waals surface area contributed by atoms with E-state index in [-0.39, 0.29) is 6.10 Å². The second-order valence-corrected chi connectivity index (χ2v) is 9.40. The smallest absolute Gasteiger partial charge is 0.141 e. The molecule has 4 aromatic rings. The minimum atomic E-state index is 0.205.